The monoisotopic (exact) mass is 626 g/mol. The maximum Gasteiger partial charge on any atom is 0.335 e. The number of carbonyl (C=O) groups excluding carboxylic acids is 1. The van der Waals surface area contributed by atoms with Crippen molar-refractivity contribution in [2.45, 2.75) is 68.3 Å². The van der Waals surface area contributed by atoms with Crippen LogP contribution in [-0.2, 0) is 35.8 Å². The van der Waals surface area contributed by atoms with Gasteiger partial charge in [0.05, 0.1) is 29.6 Å². The molecule has 45 heavy (non-hydrogen) atoms. The van der Waals surface area contributed by atoms with Gasteiger partial charge < -0.3 is 10.1 Å². The largest absolute Gasteiger partial charge is 0.466 e. The van der Waals surface area contributed by atoms with Crippen molar-refractivity contribution < 1.29 is 22.1 Å². The highest BCUT2D eigenvalue weighted by Crippen LogP contribution is 2.61. The standard InChI is InChI=1S/C37H42N2O5S/c1-25-16-18-28(19-17-25)45(41,42)44-24-27-12-6-7-13-29(27)30-22-31(36(40)43-2)34-37(32-14-8-9-15-33(32)38-34)20-21-39(35(30)37)23-26-10-4-3-5-11-26/h3-5,8-11,14-19,27,29-30,35,38H,6-7,12-13,20-24H2,1-2H3/t27-,29-,30-,35-,37-/m1/s1. The second-order valence-electron chi connectivity index (χ2n) is 13.3. The van der Waals surface area contributed by atoms with E-state index < -0.39 is 10.1 Å². The summed E-state index contributed by atoms with van der Waals surface area (Å²) in [6.07, 6.45) is 5.50. The minimum absolute atomic E-state index is 0.0604. The van der Waals surface area contributed by atoms with Crippen LogP contribution in [0.15, 0.2) is 95.0 Å². The molecule has 3 aromatic carbocycles. The number of ether oxygens (including phenoxy) is 1. The molecule has 1 N–H and O–H groups in total. The van der Waals surface area contributed by atoms with Crippen molar-refractivity contribution in [3.05, 3.63) is 107 Å². The molecule has 1 spiro atoms. The number of carbonyl (C=O) groups is 1. The molecular weight excluding hydrogens is 584 g/mol. The zero-order valence-electron chi connectivity index (χ0n) is 26.1. The van der Waals surface area contributed by atoms with Crippen LogP contribution in [0.5, 0.6) is 0 Å². The van der Waals surface area contributed by atoms with Gasteiger partial charge >= 0.3 is 5.97 Å². The Hall–Kier alpha value is -3.46. The number of methoxy groups -OCH3 is 1. The predicted octanol–water partition coefficient (Wildman–Crippen LogP) is 6.59. The van der Waals surface area contributed by atoms with Crippen LogP contribution in [0.4, 0.5) is 5.69 Å². The fourth-order valence-electron chi connectivity index (χ4n) is 8.92. The molecule has 0 radical (unpaired) electrons. The zero-order chi connectivity index (χ0) is 31.2. The normalized spacial score (nSPS) is 27.8. The van der Waals surface area contributed by atoms with Crippen LogP contribution >= 0.6 is 0 Å². The Morgan fingerprint density at radius 3 is 2.47 bits per heavy atom. The van der Waals surface area contributed by atoms with Gasteiger partial charge in [0.25, 0.3) is 10.1 Å². The number of likely N-dealkylation sites (tertiary alicyclic amines) is 1. The lowest BCUT2D eigenvalue weighted by atomic mass is 9.57. The van der Waals surface area contributed by atoms with E-state index in [9.17, 15) is 13.2 Å². The van der Waals surface area contributed by atoms with Crippen LogP contribution in [0.25, 0.3) is 0 Å². The molecule has 2 aliphatic heterocycles. The van der Waals surface area contributed by atoms with Crippen molar-refractivity contribution in [2.24, 2.45) is 17.8 Å². The molecule has 0 amide bonds. The average molecular weight is 627 g/mol. The lowest BCUT2D eigenvalue weighted by molar-refractivity contribution is -0.137. The summed E-state index contributed by atoms with van der Waals surface area (Å²) in [7, 11) is -2.42. The van der Waals surface area contributed by atoms with E-state index in [1.54, 1.807) is 24.3 Å². The number of fused-ring (bicyclic) bond motifs is 1. The van der Waals surface area contributed by atoms with E-state index in [1.165, 1.54) is 18.2 Å². The molecule has 7 nitrogen and oxygen atoms in total. The summed E-state index contributed by atoms with van der Waals surface area (Å²) in [5.41, 5.74) is 5.94. The highest BCUT2D eigenvalue weighted by atomic mass is 32.2. The van der Waals surface area contributed by atoms with Crippen molar-refractivity contribution >= 4 is 21.8 Å². The molecule has 8 heteroatoms. The van der Waals surface area contributed by atoms with E-state index in [-0.39, 0.29) is 46.7 Å². The zero-order valence-corrected chi connectivity index (χ0v) is 26.9. The third-order valence-corrected chi connectivity index (χ3v) is 12.2. The van der Waals surface area contributed by atoms with E-state index in [1.807, 2.05) is 13.0 Å². The number of anilines is 1. The van der Waals surface area contributed by atoms with Gasteiger partial charge in [0.2, 0.25) is 0 Å². The molecule has 236 valence electrons. The smallest absolute Gasteiger partial charge is 0.335 e. The average Bonchev–Trinajstić information content (AvgIpc) is 3.61. The van der Waals surface area contributed by atoms with Gasteiger partial charge in [-0.05, 0) is 79.7 Å². The highest BCUT2D eigenvalue weighted by molar-refractivity contribution is 7.86. The van der Waals surface area contributed by atoms with E-state index in [0.29, 0.717) is 6.42 Å². The molecule has 5 atom stereocenters. The van der Waals surface area contributed by atoms with Crippen LogP contribution in [0.1, 0.15) is 55.2 Å². The van der Waals surface area contributed by atoms with Crippen LogP contribution < -0.4 is 5.32 Å². The first-order valence-corrected chi connectivity index (χ1v) is 17.6. The molecule has 0 aromatic heterocycles. The van der Waals surface area contributed by atoms with Crippen molar-refractivity contribution in [3.63, 3.8) is 0 Å². The number of nitrogens with one attached hydrogen (secondary N) is 1. The third kappa shape index (κ3) is 5.30. The topological polar surface area (TPSA) is 84.9 Å². The second-order valence-corrected chi connectivity index (χ2v) is 14.9. The number of nitrogens with zero attached hydrogens (tertiary/aromatic N) is 1. The molecule has 7 rings (SSSR count). The highest BCUT2D eigenvalue weighted by Gasteiger charge is 2.62. The minimum Gasteiger partial charge on any atom is -0.466 e. The Morgan fingerprint density at radius 1 is 0.956 bits per heavy atom. The number of hydrogen-bond acceptors (Lipinski definition) is 7. The van der Waals surface area contributed by atoms with Crippen LogP contribution in [0, 0.1) is 24.7 Å². The Kier molecular flexibility index (Phi) is 8.09. The number of benzene rings is 3. The summed E-state index contributed by atoms with van der Waals surface area (Å²) in [4.78, 5) is 16.4. The molecule has 1 saturated carbocycles. The Balaban J connectivity index is 1.28. The van der Waals surface area contributed by atoms with E-state index in [0.717, 1.165) is 67.7 Å². The molecule has 2 fully saturated rings. The second kappa shape index (κ2) is 12.0. The number of esters is 1. The van der Waals surface area contributed by atoms with Crippen molar-refractivity contribution in [1.82, 2.24) is 4.90 Å². The molecule has 0 bridgehead atoms. The van der Waals surface area contributed by atoms with Gasteiger partial charge in [0.1, 0.15) is 0 Å². The van der Waals surface area contributed by atoms with Crippen molar-refractivity contribution in [1.29, 1.82) is 0 Å². The summed E-state index contributed by atoms with van der Waals surface area (Å²) in [6, 6.07) is 26.1. The van der Waals surface area contributed by atoms with Crippen LogP contribution in [-0.4, -0.2) is 45.6 Å². The van der Waals surface area contributed by atoms with Gasteiger partial charge in [-0.25, -0.2) is 4.79 Å². The molecule has 1 saturated heterocycles. The van der Waals surface area contributed by atoms with Gasteiger partial charge in [-0.1, -0.05) is 79.1 Å². The number of hydrogen-bond donors (Lipinski definition) is 1. The summed E-state index contributed by atoms with van der Waals surface area (Å²) in [5, 5.41) is 3.70. The lowest BCUT2D eigenvalue weighted by Gasteiger charge is -2.50. The summed E-state index contributed by atoms with van der Waals surface area (Å²) in [5.74, 6) is 0.0997. The minimum atomic E-state index is -3.89. The predicted molar refractivity (Wildman–Crippen MR) is 174 cm³/mol. The fourth-order valence-corrected chi connectivity index (χ4v) is 9.88. The van der Waals surface area contributed by atoms with Crippen molar-refractivity contribution in [2.75, 3.05) is 25.6 Å². The number of rotatable bonds is 8. The SMILES string of the molecule is COC(=O)C1=C2Nc3ccccc3[C@]23CCN(Cc2ccccc2)[C@@H]3[C@@H]([C@@H]2CCCC[C@@H]2COS(=O)(=O)c2ccc(C)cc2)C1. The van der Waals surface area contributed by atoms with E-state index in [2.05, 4.69) is 58.7 Å². The molecule has 2 heterocycles. The molecular formula is C37H42N2O5S. The first-order valence-electron chi connectivity index (χ1n) is 16.2. The lowest BCUT2D eigenvalue weighted by Crippen LogP contribution is -2.54. The quantitative estimate of drug-likeness (QED) is 0.223. The van der Waals surface area contributed by atoms with Gasteiger partial charge in [0.15, 0.2) is 0 Å². The van der Waals surface area contributed by atoms with Crippen molar-refractivity contribution in [3.8, 4) is 0 Å². The van der Waals surface area contributed by atoms with E-state index >= 15 is 0 Å². The maximum atomic E-state index is 13.5. The molecule has 4 aliphatic rings. The Labute approximate surface area is 266 Å². The van der Waals surface area contributed by atoms with Gasteiger partial charge in [-0.2, -0.15) is 8.42 Å². The molecule has 3 aromatic rings. The third-order valence-electron chi connectivity index (χ3n) is 10.9. The van der Waals surface area contributed by atoms with Crippen LogP contribution in [0.2, 0.25) is 0 Å². The van der Waals surface area contributed by atoms with Crippen LogP contribution in [0.3, 0.4) is 0 Å². The van der Waals surface area contributed by atoms with Gasteiger partial charge in [-0.15, -0.1) is 0 Å². The molecule has 2 aliphatic carbocycles. The van der Waals surface area contributed by atoms with E-state index in [4.69, 9.17) is 8.92 Å². The maximum absolute atomic E-state index is 13.5. The Morgan fingerprint density at radius 2 is 1.69 bits per heavy atom. The first kappa shape index (κ1) is 30.2. The summed E-state index contributed by atoms with van der Waals surface area (Å²) in [6.45, 7) is 3.81. The summed E-state index contributed by atoms with van der Waals surface area (Å²) >= 11 is 0. The first-order chi connectivity index (χ1) is 21.8. The Bertz CT molecular complexity index is 1700. The van der Waals surface area contributed by atoms with Gasteiger partial charge in [0, 0.05) is 30.5 Å². The number of para-hydroxylation sites is 1. The van der Waals surface area contributed by atoms with Gasteiger partial charge in [-0.3, -0.25) is 9.08 Å². The molecule has 0 unspecified atom stereocenters. The number of aryl methyl sites for hydroxylation is 1. The fraction of sp³-hybridized carbons (Fsp3) is 0.432. The summed E-state index contributed by atoms with van der Waals surface area (Å²) < 4.78 is 37.8.